The zero-order valence-electron chi connectivity index (χ0n) is 12.5. The molecule has 3 nitrogen and oxygen atoms in total. The van der Waals surface area contributed by atoms with Crippen molar-refractivity contribution in [1.82, 2.24) is 4.98 Å². The molecule has 2 aromatic rings. The number of hydrogen-bond donors (Lipinski definition) is 1. The summed E-state index contributed by atoms with van der Waals surface area (Å²) in [6.07, 6.45) is 4.28. The van der Waals surface area contributed by atoms with Crippen LogP contribution in [0.1, 0.15) is 50.4 Å². The van der Waals surface area contributed by atoms with Crippen LogP contribution in [0.4, 0.5) is 0 Å². The molecule has 3 heteroatoms. The molecule has 0 aliphatic heterocycles. The van der Waals surface area contributed by atoms with Gasteiger partial charge < -0.3 is 9.72 Å². The smallest absolute Gasteiger partial charge is 0.165 e. The Hall–Kier alpha value is -1.77. The van der Waals surface area contributed by atoms with Crippen LogP contribution >= 0.6 is 0 Å². The molecule has 1 N–H and O–H groups in total. The van der Waals surface area contributed by atoms with Gasteiger partial charge in [0.15, 0.2) is 5.78 Å². The first-order valence-corrected chi connectivity index (χ1v) is 7.39. The second-order valence-corrected chi connectivity index (χ2v) is 5.59. The summed E-state index contributed by atoms with van der Waals surface area (Å²) in [4.78, 5) is 15.5. The molecular formula is C17H23NO2. The van der Waals surface area contributed by atoms with Crippen LogP contribution in [-0.2, 0) is 0 Å². The van der Waals surface area contributed by atoms with Crippen molar-refractivity contribution in [2.45, 2.75) is 40.0 Å². The number of aromatic amines is 1. The molecule has 0 saturated heterocycles. The van der Waals surface area contributed by atoms with Gasteiger partial charge in [-0.1, -0.05) is 26.8 Å². The Morgan fingerprint density at radius 3 is 2.85 bits per heavy atom. The van der Waals surface area contributed by atoms with Crippen molar-refractivity contribution in [2.24, 2.45) is 5.92 Å². The van der Waals surface area contributed by atoms with Crippen LogP contribution in [-0.4, -0.2) is 17.4 Å². The normalized spacial score (nSPS) is 11.2. The third-order valence-electron chi connectivity index (χ3n) is 3.38. The fraction of sp³-hybridized carbons (Fsp3) is 0.471. The van der Waals surface area contributed by atoms with E-state index in [9.17, 15) is 4.79 Å². The monoisotopic (exact) mass is 273 g/mol. The van der Waals surface area contributed by atoms with Gasteiger partial charge in [0.2, 0.25) is 0 Å². The maximum atomic E-state index is 12.4. The first kappa shape index (κ1) is 14.6. The van der Waals surface area contributed by atoms with E-state index in [0.29, 0.717) is 18.9 Å². The number of benzene rings is 1. The third-order valence-corrected chi connectivity index (χ3v) is 3.38. The van der Waals surface area contributed by atoms with Gasteiger partial charge in [-0.15, -0.1) is 0 Å². The van der Waals surface area contributed by atoms with Crippen molar-refractivity contribution in [2.75, 3.05) is 6.61 Å². The van der Waals surface area contributed by atoms with E-state index in [4.69, 9.17) is 4.74 Å². The number of rotatable bonds is 7. The number of hydrogen-bond acceptors (Lipinski definition) is 2. The lowest BCUT2D eigenvalue weighted by Gasteiger charge is -2.08. The van der Waals surface area contributed by atoms with Crippen LogP contribution in [0.3, 0.4) is 0 Å². The van der Waals surface area contributed by atoms with E-state index in [2.05, 4.69) is 25.8 Å². The number of aromatic nitrogens is 1. The Labute approximate surface area is 120 Å². The Bertz CT molecular complexity index is 584. The highest BCUT2D eigenvalue weighted by Gasteiger charge is 2.16. The lowest BCUT2D eigenvalue weighted by atomic mass is 10.0. The molecule has 0 unspecified atom stereocenters. The first-order valence-electron chi connectivity index (χ1n) is 7.39. The van der Waals surface area contributed by atoms with Gasteiger partial charge in [-0.3, -0.25) is 4.79 Å². The predicted octanol–water partition coefficient (Wildman–Crippen LogP) is 4.58. The molecule has 0 bridgehead atoms. The molecule has 0 amide bonds. The Morgan fingerprint density at radius 2 is 2.15 bits per heavy atom. The SMILES string of the molecule is CCCOc1cccc2[nH]cc(C(=O)CCC(C)C)c12. The van der Waals surface area contributed by atoms with E-state index in [1.807, 2.05) is 24.4 Å². The average Bonchev–Trinajstić information content (AvgIpc) is 2.87. The van der Waals surface area contributed by atoms with Gasteiger partial charge in [0.1, 0.15) is 5.75 Å². The van der Waals surface area contributed by atoms with E-state index < -0.39 is 0 Å². The van der Waals surface area contributed by atoms with E-state index in [1.165, 1.54) is 0 Å². The molecule has 0 saturated carbocycles. The number of nitrogens with one attached hydrogen (secondary N) is 1. The van der Waals surface area contributed by atoms with Gasteiger partial charge in [0, 0.05) is 23.7 Å². The van der Waals surface area contributed by atoms with Gasteiger partial charge in [-0.25, -0.2) is 0 Å². The summed E-state index contributed by atoms with van der Waals surface area (Å²) in [5, 5.41) is 0.926. The summed E-state index contributed by atoms with van der Waals surface area (Å²) in [6.45, 7) is 7.02. The molecule has 0 spiro atoms. The van der Waals surface area contributed by atoms with Crippen LogP contribution in [0.15, 0.2) is 24.4 Å². The standard InChI is InChI=1S/C17H23NO2/c1-4-10-20-16-7-5-6-14-17(16)13(11-18-14)15(19)9-8-12(2)3/h5-7,11-12,18H,4,8-10H2,1-3H3. The van der Waals surface area contributed by atoms with Gasteiger partial charge in [-0.05, 0) is 30.9 Å². The van der Waals surface area contributed by atoms with E-state index in [-0.39, 0.29) is 5.78 Å². The van der Waals surface area contributed by atoms with E-state index >= 15 is 0 Å². The summed E-state index contributed by atoms with van der Waals surface area (Å²) >= 11 is 0. The zero-order valence-corrected chi connectivity index (χ0v) is 12.5. The minimum absolute atomic E-state index is 0.192. The highest BCUT2D eigenvalue weighted by Crippen LogP contribution is 2.30. The zero-order chi connectivity index (χ0) is 14.5. The summed E-state index contributed by atoms with van der Waals surface area (Å²) in [7, 11) is 0. The van der Waals surface area contributed by atoms with Gasteiger partial charge >= 0.3 is 0 Å². The number of Topliss-reactive ketones (excluding diaryl/α,β-unsaturated/α-hetero) is 1. The minimum atomic E-state index is 0.192. The van der Waals surface area contributed by atoms with Crippen LogP contribution in [0.5, 0.6) is 5.75 Å². The third kappa shape index (κ3) is 3.21. The van der Waals surface area contributed by atoms with Crippen molar-refractivity contribution in [3.8, 4) is 5.75 Å². The van der Waals surface area contributed by atoms with Crippen LogP contribution < -0.4 is 4.74 Å². The number of carbonyl (C=O) groups is 1. The molecule has 1 heterocycles. The van der Waals surface area contributed by atoms with Gasteiger partial charge in [-0.2, -0.15) is 0 Å². The van der Waals surface area contributed by atoms with Crippen LogP contribution in [0.25, 0.3) is 10.9 Å². The largest absolute Gasteiger partial charge is 0.493 e. The molecule has 1 aromatic carbocycles. The Balaban J connectivity index is 2.31. The molecule has 0 aliphatic carbocycles. The molecule has 0 aliphatic rings. The number of ether oxygens (including phenoxy) is 1. The maximum absolute atomic E-state index is 12.4. The molecule has 2 rings (SSSR count). The molecule has 0 fully saturated rings. The fourth-order valence-electron chi connectivity index (χ4n) is 2.26. The lowest BCUT2D eigenvalue weighted by Crippen LogP contribution is -2.02. The number of ketones is 1. The average molecular weight is 273 g/mol. The quantitative estimate of drug-likeness (QED) is 0.750. The molecule has 0 atom stereocenters. The fourth-order valence-corrected chi connectivity index (χ4v) is 2.26. The van der Waals surface area contributed by atoms with Crippen LogP contribution in [0.2, 0.25) is 0 Å². The number of carbonyl (C=O) groups excluding carboxylic acids is 1. The Morgan fingerprint density at radius 1 is 1.35 bits per heavy atom. The molecular weight excluding hydrogens is 250 g/mol. The van der Waals surface area contributed by atoms with Crippen molar-refractivity contribution >= 4 is 16.7 Å². The van der Waals surface area contributed by atoms with Gasteiger partial charge in [0.25, 0.3) is 0 Å². The summed E-state index contributed by atoms with van der Waals surface area (Å²) in [5.74, 6) is 1.54. The second-order valence-electron chi connectivity index (χ2n) is 5.59. The summed E-state index contributed by atoms with van der Waals surface area (Å²) in [6, 6.07) is 5.87. The van der Waals surface area contributed by atoms with E-state index in [0.717, 1.165) is 35.1 Å². The maximum Gasteiger partial charge on any atom is 0.165 e. The number of H-pyrrole nitrogens is 1. The molecule has 108 valence electrons. The molecule has 1 aromatic heterocycles. The molecule has 20 heavy (non-hydrogen) atoms. The van der Waals surface area contributed by atoms with Crippen molar-refractivity contribution in [3.63, 3.8) is 0 Å². The van der Waals surface area contributed by atoms with Crippen LogP contribution in [0, 0.1) is 5.92 Å². The van der Waals surface area contributed by atoms with Crippen molar-refractivity contribution in [3.05, 3.63) is 30.0 Å². The highest BCUT2D eigenvalue weighted by atomic mass is 16.5. The lowest BCUT2D eigenvalue weighted by molar-refractivity contribution is 0.0977. The van der Waals surface area contributed by atoms with Crippen molar-refractivity contribution < 1.29 is 9.53 Å². The van der Waals surface area contributed by atoms with Gasteiger partial charge in [0.05, 0.1) is 12.0 Å². The predicted molar refractivity (Wildman–Crippen MR) is 82.5 cm³/mol. The van der Waals surface area contributed by atoms with E-state index in [1.54, 1.807) is 0 Å². The summed E-state index contributed by atoms with van der Waals surface area (Å²) < 4.78 is 5.77. The Kier molecular flexibility index (Phi) is 4.83. The minimum Gasteiger partial charge on any atom is -0.493 e. The highest BCUT2D eigenvalue weighted by molar-refractivity contribution is 6.09. The summed E-state index contributed by atoms with van der Waals surface area (Å²) in [5.41, 5.74) is 1.72. The van der Waals surface area contributed by atoms with Crippen molar-refractivity contribution in [1.29, 1.82) is 0 Å². The first-order chi connectivity index (χ1) is 9.63. The topological polar surface area (TPSA) is 42.1 Å². The molecule has 0 radical (unpaired) electrons. The number of fused-ring (bicyclic) bond motifs is 1. The second kappa shape index (κ2) is 6.60.